The smallest absolute Gasteiger partial charge is 0.405 e. The topological polar surface area (TPSA) is 193 Å². The number of benzene rings is 1. The first-order chi connectivity index (χ1) is 15.0. The monoisotopic (exact) mass is 484 g/mol. The molecule has 7 N–H and O–H groups in total. The molecule has 2 rings (SSSR count). The molecule has 1 heterocycles. The maximum atomic E-state index is 12.5. The van der Waals surface area contributed by atoms with E-state index >= 15 is 0 Å². The Labute approximate surface area is 188 Å². The van der Waals surface area contributed by atoms with Gasteiger partial charge in [-0.3, -0.25) is 9.59 Å². The van der Waals surface area contributed by atoms with Gasteiger partial charge in [0, 0.05) is 30.1 Å². The van der Waals surface area contributed by atoms with Crippen molar-refractivity contribution in [1.29, 1.82) is 0 Å². The lowest BCUT2D eigenvalue weighted by Crippen LogP contribution is -2.43. The number of thiazole rings is 1. The minimum atomic E-state index is -3.79. The first-order valence-corrected chi connectivity index (χ1v) is 11.9. The van der Waals surface area contributed by atoms with Crippen LogP contribution in [0.15, 0.2) is 29.6 Å². The Balaban J connectivity index is 1.95. The number of carboxylic acid groups (broad SMARTS) is 1. The predicted octanol–water partition coefficient (Wildman–Crippen LogP) is 1.31. The zero-order chi connectivity index (χ0) is 23.7. The van der Waals surface area contributed by atoms with Gasteiger partial charge in [0.05, 0.1) is 5.69 Å². The largest absolute Gasteiger partial charge is 0.465 e. The molecule has 0 aliphatic carbocycles. The summed E-state index contributed by atoms with van der Waals surface area (Å²) in [4.78, 5) is 39.0. The Bertz CT molecular complexity index is 1050. The van der Waals surface area contributed by atoms with Crippen LogP contribution in [0.4, 0.5) is 15.6 Å². The van der Waals surface area contributed by atoms with Crippen LogP contribution >= 0.6 is 11.3 Å². The first kappa shape index (κ1) is 25.2. The summed E-state index contributed by atoms with van der Waals surface area (Å²) in [6, 6.07) is 5.97. The maximum absolute atomic E-state index is 12.5. The van der Waals surface area contributed by atoms with Crippen LogP contribution in [0.25, 0.3) is 11.3 Å². The SMILES string of the molecule is CC(=O)Nc1ccc(-c2csc(NC(=O)C(CCCCNS(N)(=O)=O)NC(=O)O)n2)cc1. The van der Waals surface area contributed by atoms with Crippen molar-refractivity contribution in [2.45, 2.75) is 32.2 Å². The molecule has 174 valence electrons. The maximum Gasteiger partial charge on any atom is 0.405 e. The van der Waals surface area contributed by atoms with E-state index in [-0.39, 0.29) is 18.9 Å². The van der Waals surface area contributed by atoms with Crippen LogP contribution in [0, 0.1) is 0 Å². The highest BCUT2D eigenvalue weighted by Crippen LogP contribution is 2.26. The van der Waals surface area contributed by atoms with E-state index in [2.05, 4.69) is 25.7 Å². The molecule has 12 nitrogen and oxygen atoms in total. The van der Waals surface area contributed by atoms with Crippen molar-refractivity contribution in [3.8, 4) is 11.3 Å². The second-order valence-corrected chi connectivity index (χ2v) is 8.96. The van der Waals surface area contributed by atoms with Gasteiger partial charge < -0.3 is 21.1 Å². The Morgan fingerprint density at radius 1 is 1.16 bits per heavy atom. The first-order valence-electron chi connectivity index (χ1n) is 9.45. The highest BCUT2D eigenvalue weighted by molar-refractivity contribution is 7.87. The summed E-state index contributed by atoms with van der Waals surface area (Å²) in [5.74, 6) is -0.754. The zero-order valence-corrected chi connectivity index (χ0v) is 18.8. The highest BCUT2D eigenvalue weighted by Gasteiger charge is 2.21. The van der Waals surface area contributed by atoms with E-state index in [0.29, 0.717) is 29.4 Å². The van der Waals surface area contributed by atoms with Crippen molar-refractivity contribution in [2.75, 3.05) is 17.2 Å². The number of rotatable bonds is 11. The molecule has 0 spiro atoms. The molecular formula is C18H24N6O6S2. The third kappa shape index (κ3) is 8.97. The van der Waals surface area contributed by atoms with Crippen LogP contribution < -0.4 is 25.8 Å². The van der Waals surface area contributed by atoms with Gasteiger partial charge in [0.1, 0.15) is 6.04 Å². The Morgan fingerprint density at radius 2 is 1.84 bits per heavy atom. The molecule has 14 heteroatoms. The van der Waals surface area contributed by atoms with E-state index in [1.54, 1.807) is 29.6 Å². The fourth-order valence-electron chi connectivity index (χ4n) is 2.69. The lowest BCUT2D eigenvalue weighted by atomic mass is 10.1. The number of aromatic nitrogens is 1. The van der Waals surface area contributed by atoms with Gasteiger partial charge in [0.25, 0.3) is 10.2 Å². The molecule has 32 heavy (non-hydrogen) atoms. The van der Waals surface area contributed by atoms with Gasteiger partial charge in [-0.05, 0) is 31.4 Å². The lowest BCUT2D eigenvalue weighted by molar-refractivity contribution is -0.118. The van der Waals surface area contributed by atoms with E-state index in [1.807, 2.05) is 0 Å². The van der Waals surface area contributed by atoms with Gasteiger partial charge in [-0.25, -0.2) is 19.6 Å². The summed E-state index contributed by atoms with van der Waals surface area (Å²) in [5, 5.41) is 23.3. The highest BCUT2D eigenvalue weighted by atomic mass is 32.2. The normalized spacial score (nSPS) is 12.1. The van der Waals surface area contributed by atoms with Gasteiger partial charge in [0.15, 0.2) is 5.13 Å². The Hall–Kier alpha value is -3.07. The van der Waals surface area contributed by atoms with Crippen molar-refractivity contribution in [1.82, 2.24) is 15.0 Å². The van der Waals surface area contributed by atoms with Crippen molar-refractivity contribution in [2.24, 2.45) is 5.14 Å². The van der Waals surface area contributed by atoms with Crippen LogP contribution in [-0.2, 0) is 19.8 Å². The summed E-state index contributed by atoms with van der Waals surface area (Å²) in [6.45, 7) is 1.49. The summed E-state index contributed by atoms with van der Waals surface area (Å²) in [6.07, 6.45) is -0.443. The van der Waals surface area contributed by atoms with E-state index in [0.717, 1.165) is 5.56 Å². The second-order valence-electron chi connectivity index (χ2n) is 6.72. The third-order valence-electron chi connectivity index (χ3n) is 4.07. The molecule has 1 unspecified atom stereocenters. The summed E-state index contributed by atoms with van der Waals surface area (Å²) in [7, 11) is -3.79. The van der Waals surface area contributed by atoms with Crippen molar-refractivity contribution in [3.63, 3.8) is 0 Å². The van der Waals surface area contributed by atoms with Gasteiger partial charge in [-0.15, -0.1) is 11.3 Å². The number of carbonyl (C=O) groups is 3. The molecule has 0 bridgehead atoms. The molecule has 3 amide bonds. The van der Waals surface area contributed by atoms with E-state index < -0.39 is 28.3 Å². The number of hydrogen-bond acceptors (Lipinski definition) is 7. The number of carbonyl (C=O) groups excluding carboxylic acids is 2. The second kappa shape index (κ2) is 11.5. The number of amides is 3. The van der Waals surface area contributed by atoms with Crippen LogP contribution in [0.1, 0.15) is 26.2 Å². The van der Waals surface area contributed by atoms with Crippen molar-refractivity contribution in [3.05, 3.63) is 29.6 Å². The van der Waals surface area contributed by atoms with Gasteiger partial charge in [-0.2, -0.15) is 8.42 Å². The van der Waals surface area contributed by atoms with Crippen LogP contribution in [0.2, 0.25) is 0 Å². The molecule has 0 saturated heterocycles. The van der Waals surface area contributed by atoms with Gasteiger partial charge in [0.2, 0.25) is 11.8 Å². The van der Waals surface area contributed by atoms with Crippen LogP contribution in [0.3, 0.4) is 0 Å². The quantitative estimate of drug-likeness (QED) is 0.259. The molecule has 1 aromatic heterocycles. The summed E-state index contributed by atoms with van der Waals surface area (Å²) < 4.78 is 23.8. The standard InChI is InChI=1S/C18H24N6O6S2/c1-11(25)21-13-7-5-12(6-8-13)15-10-31-17(22-15)24-16(26)14(23-18(27)28)4-2-3-9-20-32(19,29)30/h5-8,10,14,20,23H,2-4,9H2,1H3,(H,21,25)(H,27,28)(H2,19,29,30)(H,22,24,26). The Morgan fingerprint density at radius 3 is 2.44 bits per heavy atom. The van der Waals surface area contributed by atoms with Crippen molar-refractivity contribution >= 4 is 50.3 Å². The minimum Gasteiger partial charge on any atom is -0.465 e. The van der Waals surface area contributed by atoms with Crippen molar-refractivity contribution < 1.29 is 27.9 Å². The number of nitrogens with one attached hydrogen (secondary N) is 4. The number of anilines is 2. The number of nitrogens with two attached hydrogens (primary N) is 1. The van der Waals surface area contributed by atoms with Crippen LogP contribution in [0.5, 0.6) is 0 Å². The summed E-state index contributed by atoms with van der Waals surface area (Å²) in [5.41, 5.74) is 2.03. The number of hydrogen-bond donors (Lipinski definition) is 6. The average Bonchev–Trinajstić information content (AvgIpc) is 3.14. The van der Waals surface area contributed by atoms with Crippen LogP contribution in [-0.4, -0.2) is 49.0 Å². The van der Waals surface area contributed by atoms with Gasteiger partial charge >= 0.3 is 6.09 Å². The Kier molecular flexibility index (Phi) is 9.07. The molecule has 0 radical (unpaired) electrons. The average molecular weight is 485 g/mol. The molecule has 0 saturated carbocycles. The van der Waals surface area contributed by atoms with E-state index in [9.17, 15) is 22.8 Å². The summed E-state index contributed by atoms with van der Waals surface area (Å²) >= 11 is 1.18. The fourth-order valence-corrected chi connectivity index (χ4v) is 3.84. The number of unbranched alkanes of at least 4 members (excludes halogenated alkanes) is 1. The molecule has 2 aromatic rings. The predicted molar refractivity (Wildman–Crippen MR) is 120 cm³/mol. The molecular weight excluding hydrogens is 460 g/mol. The molecule has 0 aliphatic rings. The molecule has 1 aromatic carbocycles. The fraction of sp³-hybridized carbons (Fsp3) is 0.333. The van der Waals surface area contributed by atoms with E-state index in [1.165, 1.54) is 18.3 Å². The molecule has 1 atom stereocenters. The molecule has 0 fully saturated rings. The lowest BCUT2D eigenvalue weighted by Gasteiger charge is -2.15. The third-order valence-corrected chi connectivity index (χ3v) is 5.44. The number of nitrogens with zero attached hydrogens (tertiary/aromatic N) is 1. The molecule has 0 aliphatic heterocycles. The van der Waals surface area contributed by atoms with E-state index in [4.69, 9.17) is 10.2 Å². The minimum absolute atomic E-state index is 0.0802. The zero-order valence-electron chi connectivity index (χ0n) is 17.1. The van der Waals surface area contributed by atoms with Gasteiger partial charge in [-0.1, -0.05) is 12.1 Å².